The van der Waals surface area contributed by atoms with Gasteiger partial charge in [0.25, 0.3) is 0 Å². The van der Waals surface area contributed by atoms with Crippen LogP contribution in [0.3, 0.4) is 0 Å². The zero-order valence-electron chi connectivity index (χ0n) is 54.8. The molecule has 0 unspecified atom stereocenters. The Balaban J connectivity index is 0.000000168. The van der Waals surface area contributed by atoms with Crippen LogP contribution in [0.5, 0.6) is 0 Å². The molecule has 0 spiro atoms. The van der Waals surface area contributed by atoms with Crippen molar-refractivity contribution in [1.29, 1.82) is 0 Å². The second-order valence-corrected chi connectivity index (χ2v) is 31.5. The molecule has 4 heterocycles. The van der Waals surface area contributed by atoms with Crippen molar-refractivity contribution in [3.63, 3.8) is 0 Å². The minimum Gasteiger partial charge on any atom is -0.512 e. The Morgan fingerprint density at radius 3 is 1.38 bits per heavy atom. The largest absolute Gasteiger partial charge is 0.512 e. The summed E-state index contributed by atoms with van der Waals surface area (Å²) in [5, 5.41) is 25.2. The van der Waals surface area contributed by atoms with Gasteiger partial charge in [-0.05, 0) is 168 Å². The first-order valence-electron chi connectivity index (χ1n) is 31.6. The van der Waals surface area contributed by atoms with Crippen LogP contribution in [-0.4, -0.2) is 20.9 Å². The van der Waals surface area contributed by atoms with Crippen LogP contribution in [0.25, 0.3) is 87.1 Å². The molecule has 1 N–H and O–H groups in total. The van der Waals surface area contributed by atoms with Crippen molar-refractivity contribution in [2.45, 2.75) is 189 Å². The Kier molecular flexibility index (Phi) is 19.6. The molecule has 0 saturated carbocycles. The number of benzene rings is 8. The van der Waals surface area contributed by atoms with Crippen LogP contribution in [0.2, 0.25) is 0 Å². The first kappa shape index (κ1) is 65.6. The molecule has 12 rings (SSSR count). The topological polar surface area (TPSA) is 63.1 Å². The van der Waals surface area contributed by atoms with E-state index in [2.05, 4.69) is 205 Å². The van der Waals surface area contributed by atoms with E-state index in [1.165, 1.54) is 124 Å². The van der Waals surface area contributed by atoms with E-state index in [9.17, 15) is 9.90 Å². The molecule has 4 nitrogen and oxygen atoms in total. The fourth-order valence-corrected chi connectivity index (χ4v) is 15.6. The van der Waals surface area contributed by atoms with Crippen molar-refractivity contribution in [2.75, 3.05) is 0 Å². The summed E-state index contributed by atoms with van der Waals surface area (Å²) < 4.78 is 0. The number of hydrogen-bond acceptors (Lipinski definition) is 6. The smallest absolute Gasteiger partial charge is 0.162 e. The monoisotopic (exact) mass is 1370 g/mol. The van der Waals surface area contributed by atoms with Crippen LogP contribution >= 0.6 is 23.5 Å². The van der Waals surface area contributed by atoms with E-state index in [-0.39, 0.29) is 65.1 Å². The molecule has 2 aliphatic rings. The minimum absolute atomic E-state index is 0. The van der Waals surface area contributed by atoms with E-state index in [1.54, 1.807) is 0 Å². The Labute approximate surface area is 542 Å². The second-order valence-electron chi connectivity index (χ2n) is 29.4. The summed E-state index contributed by atoms with van der Waals surface area (Å²) in [7, 11) is 0. The number of hydrogen-bond donors (Lipinski definition) is 1. The van der Waals surface area contributed by atoms with Gasteiger partial charge in [0.1, 0.15) is 0 Å². The number of ketones is 1. The Morgan fingerprint density at radius 2 is 0.931 bits per heavy atom. The normalized spacial score (nSPS) is 13.2. The number of aryl methyl sites for hydroxylation is 1. The molecule has 87 heavy (non-hydrogen) atoms. The summed E-state index contributed by atoms with van der Waals surface area (Å²) in [5.41, 5.74) is 12.3. The van der Waals surface area contributed by atoms with Gasteiger partial charge in [-0.3, -0.25) is 14.8 Å². The maximum Gasteiger partial charge on any atom is 0.162 e. The van der Waals surface area contributed by atoms with Gasteiger partial charge in [-0.15, -0.1) is 58.6 Å². The number of aromatic nitrogens is 2. The van der Waals surface area contributed by atoms with Gasteiger partial charge in [0, 0.05) is 71.6 Å². The summed E-state index contributed by atoms with van der Waals surface area (Å²) in [6.07, 6.45) is 13.1. The minimum atomic E-state index is 0. The van der Waals surface area contributed by atoms with Gasteiger partial charge in [-0.1, -0.05) is 216 Å². The molecule has 7 heteroatoms. The average Bonchev–Trinajstić information content (AvgIpc) is 0.754. The van der Waals surface area contributed by atoms with E-state index < -0.39 is 0 Å². The van der Waals surface area contributed by atoms with Crippen LogP contribution in [0, 0.1) is 52.6 Å². The molecule has 2 aliphatic heterocycles. The van der Waals surface area contributed by atoms with Crippen molar-refractivity contribution < 1.29 is 30.0 Å². The SMILES string of the molecule is CC(C)(C)Cc1ccc2c(c1)cc1c3c(nccc32)-c2[c-]c3ccccc3c(CC(C)(C)C)c2S1.CCC(CC)C(=O)/C=C(\O)C(CC)CC.Cc1ccc2c(CC(C)(C)C)c3c([c-]c2c1)-c1nccc2c1c(cc1cc(CC(C)(C)C)ccc12)S3.[Ir]. The number of rotatable bonds is 11. The summed E-state index contributed by atoms with van der Waals surface area (Å²) in [4.78, 5) is 26.9. The van der Waals surface area contributed by atoms with Crippen molar-refractivity contribution in [3.8, 4) is 22.5 Å². The van der Waals surface area contributed by atoms with Crippen molar-refractivity contribution >= 4 is 93.9 Å². The number of carbonyl (C=O) groups excluding carboxylic acids is 1. The number of pyridine rings is 2. The molecule has 0 bridgehead atoms. The van der Waals surface area contributed by atoms with Crippen LogP contribution in [0.4, 0.5) is 0 Å². The van der Waals surface area contributed by atoms with E-state index in [4.69, 9.17) is 9.97 Å². The maximum atomic E-state index is 11.7. The first-order chi connectivity index (χ1) is 40.6. The van der Waals surface area contributed by atoms with Crippen molar-refractivity contribution in [1.82, 2.24) is 9.97 Å². The third-order valence-corrected chi connectivity index (χ3v) is 19.3. The van der Waals surface area contributed by atoms with Gasteiger partial charge in [0.2, 0.25) is 0 Å². The van der Waals surface area contributed by atoms with Crippen molar-refractivity contribution in [2.24, 2.45) is 33.5 Å². The zero-order valence-corrected chi connectivity index (χ0v) is 58.8. The Bertz CT molecular complexity index is 4270. The maximum absolute atomic E-state index is 11.7. The zero-order chi connectivity index (χ0) is 61.8. The quantitative estimate of drug-likeness (QED) is 0.0603. The number of aliphatic hydroxyl groups is 1. The molecule has 1 radical (unpaired) electrons. The molecule has 0 amide bonds. The van der Waals surface area contributed by atoms with E-state index in [1.807, 2.05) is 63.6 Å². The van der Waals surface area contributed by atoms with Gasteiger partial charge in [0.05, 0.1) is 5.76 Å². The van der Waals surface area contributed by atoms with E-state index in [0.717, 1.165) is 68.3 Å². The van der Waals surface area contributed by atoms with Crippen LogP contribution in [-0.2, 0) is 50.6 Å². The van der Waals surface area contributed by atoms with Crippen LogP contribution < -0.4 is 0 Å². The summed E-state index contributed by atoms with van der Waals surface area (Å²) in [5.74, 6) is 0.547. The number of allylic oxidation sites excluding steroid dienone is 2. The predicted octanol–water partition coefficient (Wildman–Crippen LogP) is 23.5. The third kappa shape index (κ3) is 14.4. The van der Waals surface area contributed by atoms with E-state index >= 15 is 0 Å². The molecule has 2 aromatic heterocycles. The molecular formula is C80H90IrN2O2S2-2. The Hall–Kier alpha value is -5.82. The average molecular weight is 1370 g/mol. The Morgan fingerprint density at radius 1 is 0.506 bits per heavy atom. The van der Waals surface area contributed by atoms with Crippen LogP contribution in [0.1, 0.15) is 164 Å². The molecule has 455 valence electrons. The number of aliphatic hydroxyl groups excluding tert-OH is 1. The number of fused-ring (bicyclic) bond motifs is 10. The second kappa shape index (κ2) is 25.9. The van der Waals surface area contributed by atoms with Gasteiger partial charge in [-0.2, -0.15) is 0 Å². The first-order valence-corrected chi connectivity index (χ1v) is 33.2. The fourth-order valence-electron chi connectivity index (χ4n) is 13.0. The summed E-state index contributed by atoms with van der Waals surface area (Å²) in [6, 6.07) is 46.4. The molecule has 0 aliphatic carbocycles. The fraction of sp³-hybridized carbons (Fsp3) is 0.388. The summed E-state index contributed by atoms with van der Waals surface area (Å²) >= 11 is 3.84. The van der Waals surface area contributed by atoms with Gasteiger partial charge >= 0.3 is 0 Å². The predicted molar refractivity (Wildman–Crippen MR) is 372 cm³/mol. The van der Waals surface area contributed by atoms with Gasteiger partial charge in [0.15, 0.2) is 5.78 Å². The molecule has 8 aromatic carbocycles. The third-order valence-electron chi connectivity index (χ3n) is 16.9. The van der Waals surface area contributed by atoms with Crippen LogP contribution in [0.15, 0.2) is 147 Å². The standard InChI is InChI=1S/C34H34NS.C33H32NS.C13H24O2.Ir/c1-20-8-10-25-22(14-20)16-27-31-30-26(12-13-35-31)24-11-9-21(18-33(2,3)4)15-23(24)17-29(30)36-32(27)28(25)19-34(5,6)7;1-32(2,3)18-20-11-12-24-22(15-20)17-28-29-25(24)13-14-34-30(29)26-16-21-9-7-8-10-23(21)27(31(26)35-28)19-33(4,5)6;1-5-10(6-2)12(14)9-13(15)11(7-3)8-4;/h8-15,17H,18-19H2,1-7H3;7-15,17H,18-19H2,1-6H3;9-11,14H,5-8H2,1-4H3;/q2*-1;;/b;;12-9-;. The molecule has 0 atom stereocenters. The molecule has 10 aromatic rings. The molecule has 0 saturated heterocycles. The number of carbonyl (C=O) groups is 1. The van der Waals surface area contributed by atoms with E-state index in [0.29, 0.717) is 0 Å². The molecule has 0 fully saturated rings. The van der Waals surface area contributed by atoms with Crippen molar-refractivity contribution in [3.05, 3.63) is 167 Å². The molecular weight excluding hydrogens is 1280 g/mol. The number of nitrogens with zero attached hydrogens (tertiary/aromatic N) is 2. The summed E-state index contributed by atoms with van der Waals surface area (Å²) in [6.45, 7) is 38.1. The van der Waals surface area contributed by atoms with Gasteiger partial charge in [-0.25, -0.2) is 0 Å². The van der Waals surface area contributed by atoms with Gasteiger partial charge < -0.3 is 5.11 Å².